The molecule has 1 aliphatic heterocycles. The van der Waals surface area contributed by atoms with Gasteiger partial charge < -0.3 is 0 Å². The van der Waals surface area contributed by atoms with Crippen LogP contribution in [0.15, 0.2) is 48.5 Å². The Bertz CT molecular complexity index is 647. The molecular weight excluding hydrogens is 297 g/mol. The average molecular weight is 308 g/mol. The average Bonchev–Trinajstić information content (AvgIpc) is 2.82. The largest absolute Gasteiger partial charge is 0.292 e. The summed E-state index contributed by atoms with van der Waals surface area (Å²) in [4.78, 5) is 13.6. The Hall–Kier alpha value is -1.52. The number of thioether (sulfide) groups is 1. The summed E-state index contributed by atoms with van der Waals surface area (Å²) in [7, 11) is 0. The Morgan fingerprint density at radius 3 is 2.55 bits per heavy atom. The molecule has 0 radical (unpaired) electrons. The van der Waals surface area contributed by atoms with Crippen molar-refractivity contribution in [1.82, 2.24) is 0 Å². The third-order valence-corrected chi connectivity index (χ3v) is 4.60. The first kappa shape index (κ1) is 13.5. The van der Waals surface area contributed by atoms with Crippen LogP contribution in [-0.4, -0.2) is 11.7 Å². The molecule has 0 spiro atoms. The minimum atomic E-state index is -0.387. The van der Waals surface area contributed by atoms with Gasteiger partial charge in [0.1, 0.15) is 11.2 Å². The predicted octanol–water partition coefficient (Wildman–Crippen LogP) is 4.26. The number of anilines is 1. The quantitative estimate of drug-likeness (QED) is 0.826. The van der Waals surface area contributed by atoms with E-state index < -0.39 is 0 Å². The number of hydrogen-bond acceptors (Lipinski definition) is 2. The summed E-state index contributed by atoms with van der Waals surface area (Å²) in [6.07, 6.45) is 0. The molecule has 20 heavy (non-hydrogen) atoms. The zero-order valence-electron chi connectivity index (χ0n) is 10.4. The molecule has 5 heteroatoms. The maximum Gasteiger partial charge on any atom is 0.238 e. The third-order valence-electron chi connectivity index (χ3n) is 3.14. The number of hydrogen-bond donors (Lipinski definition) is 0. The van der Waals surface area contributed by atoms with Gasteiger partial charge in [-0.15, -0.1) is 11.8 Å². The van der Waals surface area contributed by atoms with Crippen LogP contribution < -0.4 is 4.90 Å². The molecule has 0 unspecified atom stereocenters. The molecular formula is C15H11ClFNOS. The molecule has 3 rings (SSSR count). The van der Waals surface area contributed by atoms with E-state index in [4.69, 9.17) is 11.6 Å². The fourth-order valence-corrected chi connectivity index (χ4v) is 3.50. The minimum absolute atomic E-state index is 0.0833. The van der Waals surface area contributed by atoms with E-state index in [0.717, 1.165) is 5.56 Å². The Kier molecular flexibility index (Phi) is 3.68. The van der Waals surface area contributed by atoms with Gasteiger partial charge in [-0.25, -0.2) is 4.39 Å². The van der Waals surface area contributed by atoms with Gasteiger partial charge >= 0.3 is 0 Å². The monoisotopic (exact) mass is 307 g/mol. The number of halogens is 2. The van der Waals surface area contributed by atoms with E-state index in [0.29, 0.717) is 16.5 Å². The standard InChI is InChI=1S/C15H11ClFNOS/c16-11-7-5-10(6-8-11)15-18(14(19)9-20-15)13-4-2-1-3-12(13)17/h1-8,15H,9H2/t15-/m1/s1. The van der Waals surface area contributed by atoms with Crippen LogP contribution in [0.1, 0.15) is 10.9 Å². The molecule has 1 atom stereocenters. The van der Waals surface area contributed by atoms with Crippen molar-refractivity contribution in [3.8, 4) is 0 Å². The molecule has 0 aromatic heterocycles. The highest BCUT2D eigenvalue weighted by molar-refractivity contribution is 8.00. The van der Waals surface area contributed by atoms with E-state index in [-0.39, 0.29) is 17.1 Å². The highest BCUT2D eigenvalue weighted by atomic mass is 35.5. The lowest BCUT2D eigenvalue weighted by molar-refractivity contribution is -0.115. The molecule has 0 aliphatic carbocycles. The molecule has 0 N–H and O–H groups in total. The lowest BCUT2D eigenvalue weighted by Gasteiger charge is -2.24. The molecule has 0 saturated carbocycles. The van der Waals surface area contributed by atoms with Crippen LogP contribution >= 0.6 is 23.4 Å². The molecule has 2 nitrogen and oxygen atoms in total. The zero-order valence-corrected chi connectivity index (χ0v) is 12.0. The summed E-state index contributed by atoms with van der Waals surface area (Å²) in [6, 6.07) is 13.6. The zero-order chi connectivity index (χ0) is 14.1. The van der Waals surface area contributed by atoms with Crippen molar-refractivity contribution in [2.24, 2.45) is 0 Å². The van der Waals surface area contributed by atoms with E-state index in [1.54, 1.807) is 30.3 Å². The van der Waals surface area contributed by atoms with Crippen LogP contribution in [-0.2, 0) is 4.79 Å². The summed E-state index contributed by atoms with van der Waals surface area (Å²) >= 11 is 7.37. The van der Waals surface area contributed by atoms with Crippen LogP contribution in [0.2, 0.25) is 5.02 Å². The smallest absolute Gasteiger partial charge is 0.238 e. The number of carbonyl (C=O) groups excluding carboxylic acids is 1. The van der Waals surface area contributed by atoms with Crippen LogP contribution in [0.3, 0.4) is 0 Å². The molecule has 102 valence electrons. The maximum atomic E-state index is 13.9. The van der Waals surface area contributed by atoms with Crippen molar-refractivity contribution in [1.29, 1.82) is 0 Å². The second-order valence-corrected chi connectivity index (χ2v) is 5.94. The predicted molar refractivity (Wildman–Crippen MR) is 80.5 cm³/mol. The Balaban J connectivity index is 2.01. The van der Waals surface area contributed by atoms with Gasteiger partial charge in [-0.1, -0.05) is 35.9 Å². The van der Waals surface area contributed by atoms with Crippen molar-refractivity contribution in [2.75, 3.05) is 10.7 Å². The summed E-state index contributed by atoms with van der Waals surface area (Å²) < 4.78 is 13.9. The van der Waals surface area contributed by atoms with Gasteiger partial charge in [-0.3, -0.25) is 9.69 Å². The molecule has 1 aliphatic rings. The van der Waals surface area contributed by atoms with Gasteiger partial charge in [-0.2, -0.15) is 0 Å². The number of amides is 1. The number of benzene rings is 2. The van der Waals surface area contributed by atoms with Crippen LogP contribution in [0.5, 0.6) is 0 Å². The summed E-state index contributed by atoms with van der Waals surface area (Å²) in [5, 5.41) is 0.428. The first-order valence-corrected chi connectivity index (χ1v) is 7.53. The summed E-state index contributed by atoms with van der Waals surface area (Å²) in [6.45, 7) is 0. The van der Waals surface area contributed by atoms with Gasteiger partial charge in [0.2, 0.25) is 5.91 Å². The fraction of sp³-hybridized carbons (Fsp3) is 0.133. The van der Waals surface area contributed by atoms with E-state index in [2.05, 4.69) is 0 Å². The maximum absolute atomic E-state index is 13.9. The highest BCUT2D eigenvalue weighted by Gasteiger charge is 2.35. The van der Waals surface area contributed by atoms with E-state index in [9.17, 15) is 9.18 Å². The SMILES string of the molecule is O=C1CS[C@H](c2ccc(Cl)cc2)N1c1ccccc1F. The van der Waals surface area contributed by atoms with Crippen LogP contribution in [0.4, 0.5) is 10.1 Å². The van der Waals surface area contributed by atoms with E-state index in [1.165, 1.54) is 22.7 Å². The van der Waals surface area contributed by atoms with Gasteiger partial charge in [0.25, 0.3) is 0 Å². The number of para-hydroxylation sites is 1. The van der Waals surface area contributed by atoms with Crippen molar-refractivity contribution in [3.05, 3.63) is 64.9 Å². The van der Waals surface area contributed by atoms with Gasteiger partial charge in [0.15, 0.2) is 0 Å². The Morgan fingerprint density at radius 1 is 1.15 bits per heavy atom. The van der Waals surface area contributed by atoms with Crippen molar-refractivity contribution in [3.63, 3.8) is 0 Å². The molecule has 0 bridgehead atoms. The molecule has 1 fully saturated rings. The molecule has 1 heterocycles. The molecule has 2 aromatic rings. The van der Waals surface area contributed by atoms with Gasteiger partial charge in [-0.05, 0) is 29.8 Å². The van der Waals surface area contributed by atoms with Gasteiger partial charge in [0.05, 0.1) is 11.4 Å². The second-order valence-electron chi connectivity index (χ2n) is 4.43. The lowest BCUT2D eigenvalue weighted by atomic mass is 10.2. The van der Waals surface area contributed by atoms with Crippen molar-refractivity contribution >= 4 is 35.0 Å². The summed E-state index contributed by atoms with van der Waals surface area (Å²) in [5.41, 5.74) is 1.26. The third kappa shape index (κ3) is 2.41. The fourth-order valence-electron chi connectivity index (χ4n) is 2.21. The second kappa shape index (κ2) is 5.46. The van der Waals surface area contributed by atoms with Gasteiger partial charge in [0, 0.05) is 5.02 Å². The van der Waals surface area contributed by atoms with E-state index >= 15 is 0 Å². The first-order chi connectivity index (χ1) is 9.66. The minimum Gasteiger partial charge on any atom is -0.292 e. The number of nitrogens with zero attached hydrogens (tertiary/aromatic N) is 1. The highest BCUT2D eigenvalue weighted by Crippen LogP contribution is 2.42. The summed E-state index contributed by atoms with van der Waals surface area (Å²) in [5.74, 6) is -0.121. The van der Waals surface area contributed by atoms with E-state index in [1.807, 2.05) is 12.1 Å². The topological polar surface area (TPSA) is 20.3 Å². The molecule has 2 aromatic carbocycles. The Morgan fingerprint density at radius 2 is 1.85 bits per heavy atom. The van der Waals surface area contributed by atoms with Crippen molar-refractivity contribution < 1.29 is 9.18 Å². The molecule has 1 saturated heterocycles. The van der Waals surface area contributed by atoms with Crippen molar-refractivity contribution in [2.45, 2.75) is 5.37 Å². The van der Waals surface area contributed by atoms with Crippen LogP contribution in [0, 0.1) is 5.82 Å². The molecule has 1 amide bonds. The van der Waals surface area contributed by atoms with Crippen LogP contribution in [0.25, 0.3) is 0 Å². The Labute approximate surface area is 125 Å². The first-order valence-electron chi connectivity index (χ1n) is 6.10. The normalized spacial score (nSPS) is 18.6. The lowest BCUT2D eigenvalue weighted by Crippen LogP contribution is -2.28. The number of rotatable bonds is 2. The number of carbonyl (C=O) groups is 1.